The van der Waals surface area contributed by atoms with Crippen LogP contribution in [0.25, 0.3) is 0 Å². The maximum absolute atomic E-state index is 14.2. The number of benzene rings is 1. The third-order valence-electron chi connectivity index (χ3n) is 9.65. The lowest BCUT2D eigenvalue weighted by Gasteiger charge is -2.38. The molecule has 3 N–H and O–H groups in total. The summed E-state index contributed by atoms with van der Waals surface area (Å²) < 4.78 is 5.75. The number of aromatic nitrogens is 1. The highest BCUT2D eigenvalue weighted by Gasteiger charge is 2.37. The molecule has 13 nitrogen and oxygen atoms in total. The Balaban J connectivity index is 1.81. The van der Waals surface area contributed by atoms with E-state index in [1.54, 1.807) is 29.3 Å². The molecule has 1 aromatic carbocycles. The Morgan fingerprint density at radius 2 is 1.78 bits per heavy atom. The summed E-state index contributed by atoms with van der Waals surface area (Å²) in [7, 11) is 3.65. The number of hydrogen-bond acceptors (Lipinski definition) is 10. The van der Waals surface area contributed by atoms with Gasteiger partial charge in [-0.15, -0.1) is 11.3 Å². The SMILES string of the molecule is CC[C@H](C)C(NC(=O)[C@H]1CCCCN1C)C(=O)N(C)[C@H](C[C@@H](OC(C)=O)c1nc(C(=O)NN(Cc2ccccc2)CC(C)C(=O)O)cs1)C(C)C. The molecule has 0 saturated carbocycles. The highest BCUT2D eigenvalue weighted by molar-refractivity contribution is 7.09. The van der Waals surface area contributed by atoms with Crippen molar-refractivity contribution in [3.63, 3.8) is 0 Å². The molecule has 1 aromatic heterocycles. The monoisotopic (exact) mass is 728 g/mol. The van der Waals surface area contributed by atoms with E-state index in [1.807, 2.05) is 70.0 Å². The van der Waals surface area contributed by atoms with Gasteiger partial charge in [0.05, 0.1) is 12.0 Å². The van der Waals surface area contributed by atoms with E-state index < -0.39 is 42.0 Å². The van der Waals surface area contributed by atoms with Crippen LogP contribution in [-0.4, -0.2) is 99.9 Å². The van der Waals surface area contributed by atoms with Gasteiger partial charge < -0.3 is 20.1 Å². The van der Waals surface area contributed by atoms with Gasteiger partial charge in [-0.3, -0.25) is 34.3 Å². The number of thiazole rings is 1. The van der Waals surface area contributed by atoms with Crippen LogP contribution in [0.3, 0.4) is 0 Å². The van der Waals surface area contributed by atoms with Crippen LogP contribution in [0.4, 0.5) is 0 Å². The molecule has 1 fully saturated rings. The van der Waals surface area contributed by atoms with Crippen LogP contribution < -0.4 is 10.7 Å². The van der Waals surface area contributed by atoms with E-state index in [4.69, 9.17) is 4.74 Å². The average molecular weight is 729 g/mol. The molecule has 3 amide bonds. The number of esters is 1. The van der Waals surface area contributed by atoms with E-state index in [1.165, 1.54) is 6.92 Å². The lowest BCUT2D eigenvalue weighted by molar-refractivity contribution is -0.149. The van der Waals surface area contributed by atoms with Gasteiger partial charge in [0.2, 0.25) is 11.8 Å². The largest absolute Gasteiger partial charge is 0.481 e. The summed E-state index contributed by atoms with van der Waals surface area (Å²) in [6.45, 7) is 12.0. The summed E-state index contributed by atoms with van der Waals surface area (Å²) in [5.41, 5.74) is 3.78. The first-order valence-electron chi connectivity index (χ1n) is 17.8. The number of nitrogens with one attached hydrogen (secondary N) is 2. The van der Waals surface area contributed by atoms with Gasteiger partial charge in [0.15, 0.2) is 6.10 Å². The lowest BCUT2D eigenvalue weighted by Crippen LogP contribution is -2.58. The third-order valence-corrected chi connectivity index (χ3v) is 10.6. The quantitative estimate of drug-likeness (QED) is 0.147. The molecule has 2 unspecified atom stereocenters. The van der Waals surface area contributed by atoms with Gasteiger partial charge in [0.25, 0.3) is 5.91 Å². The molecule has 0 spiro atoms. The summed E-state index contributed by atoms with van der Waals surface area (Å²) in [6, 6.07) is 7.97. The molecule has 0 radical (unpaired) electrons. The Hall–Kier alpha value is -3.88. The lowest BCUT2D eigenvalue weighted by atomic mass is 9.92. The maximum atomic E-state index is 14.2. The van der Waals surface area contributed by atoms with Crippen molar-refractivity contribution in [3.05, 3.63) is 52.0 Å². The van der Waals surface area contributed by atoms with E-state index in [-0.39, 0.29) is 54.9 Å². The Bertz CT molecular complexity index is 1470. The van der Waals surface area contributed by atoms with Crippen molar-refractivity contribution in [2.75, 3.05) is 27.2 Å². The Morgan fingerprint density at radius 1 is 1.10 bits per heavy atom. The summed E-state index contributed by atoms with van der Waals surface area (Å²) >= 11 is 1.16. The zero-order chi connectivity index (χ0) is 37.8. The number of ether oxygens (including phenoxy) is 1. The van der Waals surface area contributed by atoms with E-state index in [9.17, 15) is 29.1 Å². The van der Waals surface area contributed by atoms with Crippen LogP contribution in [-0.2, 0) is 30.5 Å². The Labute approximate surface area is 306 Å². The number of carboxylic acid groups (broad SMARTS) is 1. The zero-order valence-electron chi connectivity index (χ0n) is 31.3. The number of hydrazine groups is 1. The Morgan fingerprint density at radius 3 is 2.37 bits per heavy atom. The number of carbonyl (C=O) groups is 5. The van der Waals surface area contributed by atoms with Crippen molar-refractivity contribution in [1.29, 1.82) is 0 Å². The molecule has 51 heavy (non-hydrogen) atoms. The van der Waals surface area contributed by atoms with Crippen molar-refractivity contribution in [2.45, 2.75) is 104 Å². The minimum atomic E-state index is -0.986. The van der Waals surface area contributed by atoms with Crippen LogP contribution in [0.1, 0.15) is 101 Å². The average Bonchev–Trinajstić information content (AvgIpc) is 3.59. The highest BCUT2D eigenvalue weighted by atomic mass is 32.1. The number of likely N-dealkylation sites (N-methyl/N-ethyl adjacent to an activating group) is 2. The molecule has 6 atom stereocenters. The van der Waals surface area contributed by atoms with Crippen molar-refractivity contribution in [1.82, 2.24) is 30.5 Å². The molecule has 2 aromatic rings. The first-order chi connectivity index (χ1) is 24.1. The maximum Gasteiger partial charge on any atom is 0.307 e. The normalized spacial score (nSPS) is 18.0. The number of carbonyl (C=O) groups excluding carboxylic acids is 4. The zero-order valence-corrected chi connectivity index (χ0v) is 32.1. The molecular weight excluding hydrogens is 673 g/mol. The topological polar surface area (TPSA) is 161 Å². The molecule has 1 aliphatic rings. The number of aliphatic carboxylic acids is 1. The fourth-order valence-electron chi connectivity index (χ4n) is 6.32. The number of likely N-dealkylation sites (tertiary alicyclic amines) is 1. The smallest absolute Gasteiger partial charge is 0.307 e. The van der Waals surface area contributed by atoms with Crippen LogP contribution >= 0.6 is 11.3 Å². The van der Waals surface area contributed by atoms with E-state index in [0.29, 0.717) is 11.4 Å². The first kappa shape index (κ1) is 41.5. The molecule has 0 aliphatic carbocycles. The fourth-order valence-corrected chi connectivity index (χ4v) is 7.16. The van der Waals surface area contributed by atoms with Gasteiger partial charge >= 0.3 is 11.9 Å². The molecular formula is C37H56N6O7S. The molecule has 3 rings (SSSR count). The standard InChI is InChI=1S/C37H56N6O7S/c1-9-24(4)32(39-34(46)29-17-13-14-18-41(29)7)36(47)42(8)30(23(2)3)19-31(50-26(6)44)35-38-28(22-51-35)33(45)40-43(20-25(5)37(48)49)21-27-15-11-10-12-16-27/h10-12,15-16,22-25,29-32H,9,13-14,17-21H2,1-8H3,(H,39,46)(H,40,45)(H,48,49)/t24-,25?,29+,30+,31+,32?/m0/s1. The third kappa shape index (κ3) is 12.1. The van der Waals surface area contributed by atoms with Gasteiger partial charge in [-0.2, -0.15) is 0 Å². The highest BCUT2D eigenvalue weighted by Crippen LogP contribution is 2.31. The predicted octanol–water partition coefficient (Wildman–Crippen LogP) is 4.50. The van der Waals surface area contributed by atoms with Crippen LogP contribution in [0, 0.1) is 17.8 Å². The summed E-state index contributed by atoms with van der Waals surface area (Å²) in [4.78, 5) is 73.2. The number of carboxylic acids is 1. The van der Waals surface area contributed by atoms with Gasteiger partial charge in [0, 0.05) is 44.9 Å². The van der Waals surface area contributed by atoms with E-state index in [0.717, 1.165) is 42.7 Å². The second-order valence-electron chi connectivity index (χ2n) is 14.1. The molecule has 14 heteroatoms. The molecule has 0 bridgehead atoms. The van der Waals surface area contributed by atoms with Gasteiger partial charge in [-0.1, -0.05) is 77.8 Å². The minimum absolute atomic E-state index is 0.0553. The van der Waals surface area contributed by atoms with Crippen LogP contribution in [0.2, 0.25) is 0 Å². The summed E-state index contributed by atoms with van der Waals surface area (Å²) in [6.07, 6.45) is 2.81. The van der Waals surface area contributed by atoms with E-state index >= 15 is 0 Å². The second-order valence-corrected chi connectivity index (χ2v) is 15.0. The van der Waals surface area contributed by atoms with Gasteiger partial charge in [-0.05, 0) is 43.8 Å². The van der Waals surface area contributed by atoms with Crippen molar-refractivity contribution < 1.29 is 33.8 Å². The fraction of sp³-hybridized carbons (Fsp3) is 0.622. The van der Waals surface area contributed by atoms with Crippen molar-refractivity contribution >= 4 is 41.0 Å². The van der Waals surface area contributed by atoms with Crippen LogP contribution in [0.5, 0.6) is 0 Å². The van der Waals surface area contributed by atoms with Crippen LogP contribution in [0.15, 0.2) is 35.7 Å². The number of hydrogen-bond donors (Lipinski definition) is 3. The first-order valence-corrected chi connectivity index (χ1v) is 18.7. The van der Waals surface area contributed by atoms with E-state index in [2.05, 4.69) is 15.7 Å². The van der Waals surface area contributed by atoms with Crippen molar-refractivity contribution in [2.24, 2.45) is 17.8 Å². The summed E-state index contributed by atoms with van der Waals surface area (Å²) in [5, 5.41) is 16.1. The van der Waals surface area contributed by atoms with Gasteiger partial charge in [0.1, 0.15) is 16.7 Å². The minimum Gasteiger partial charge on any atom is -0.481 e. The summed E-state index contributed by atoms with van der Waals surface area (Å²) in [5.74, 6) is -3.33. The second kappa shape index (κ2) is 19.7. The number of amides is 3. The number of piperidine rings is 1. The molecule has 2 heterocycles. The molecule has 1 saturated heterocycles. The molecule has 282 valence electrons. The predicted molar refractivity (Wildman–Crippen MR) is 195 cm³/mol. The number of nitrogens with zero attached hydrogens (tertiary/aromatic N) is 4. The van der Waals surface area contributed by atoms with Crippen molar-refractivity contribution in [3.8, 4) is 0 Å². The molecule has 1 aliphatic heterocycles. The Kier molecular flexibility index (Phi) is 16.0. The number of rotatable bonds is 18. The van der Waals surface area contributed by atoms with Gasteiger partial charge in [-0.25, -0.2) is 9.99 Å².